The molecule has 0 bridgehead atoms. The molecule has 2 saturated carbocycles. The highest BCUT2D eigenvalue weighted by Gasteiger charge is 2.52. The zero-order chi connectivity index (χ0) is 51.1. The third-order valence-corrected chi connectivity index (χ3v) is 16.7. The summed E-state index contributed by atoms with van der Waals surface area (Å²) in [5, 5.41) is 12.2. The number of likely N-dealkylation sites (N-methyl/N-ethyl adjacent to an activating group) is 1. The van der Waals surface area contributed by atoms with Gasteiger partial charge in [-0.15, -0.1) is 11.3 Å². The van der Waals surface area contributed by atoms with Gasteiger partial charge in [0.1, 0.15) is 22.9 Å². The van der Waals surface area contributed by atoms with Crippen LogP contribution in [-0.2, 0) is 25.7 Å². The number of thioether (sulfide) groups is 1. The van der Waals surface area contributed by atoms with E-state index in [1.807, 2.05) is 63.4 Å². The van der Waals surface area contributed by atoms with Crippen molar-refractivity contribution in [2.45, 2.75) is 108 Å². The molecule has 8 rings (SSSR count). The molecule has 19 heteroatoms. The average molecular weight is 1040 g/mol. The number of aldehydes is 1. The fourth-order valence-corrected chi connectivity index (χ4v) is 11.2. The van der Waals surface area contributed by atoms with Gasteiger partial charge in [0.2, 0.25) is 18.3 Å². The Kier molecular flexibility index (Phi) is 20.4. The molecule has 3 amide bonds. The van der Waals surface area contributed by atoms with Crippen molar-refractivity contribution >= 4 is 76.7 Å². The van der Waals surface area contributed by atoms with Crippen molar-refractivity contribution in [3.05, 3.63) is 76.0 Å². The number of carbonyl (C=O) groups excluding carboxylic acids is 4. The predicted molar refractivity (Wildman–Crippen MR) is 285 cm³/mol. The van der Waals surface area contributed by atoms with Crippen LogP contribution in [0.25, 0.3) is 10.4 Å². The third kappa shape index (κ3) is 16.1. The number of aromatic nitrogens is 3. The summed E-state index contributed by atoms with van der Waals surface area (Å²) in [5.74, 6) is 3.58. The van der Waals surface area contributed by atoms with Crippen molar-refractivity contribution in [1.29, 1.82) is 0 Å². The maximum absolute atomic E-state index is 13.9. The van der Waals surface area contributed by atoms with Gasteiger partial charge >= 0.3 is 0 Å². The molecule has 15 nitrogen and oxygen atoms in total. The number of rotatable bonds is 18. The average Bonchev–Trinajstić information content (AvgIpc) is 3.75. The first-order chi connectivity index (χ1) is 34.0. The van der Waals surface area contributed by atoms with Crippen molar-refractivity contribution in [3.8, 4) is 16.2 Å². The first-order valence-electron chi connectivity index (χ1n) is 24.6. The zero-order valence-electron chi connectivity index (χ0n) is 42.3. The van der Waals surface area contributed by atoms with E-state index in [-0.39, 0.29) is 24.8 Å². The van der Waals surface area contributed by atoms with Crippen molar-refractivity contribution in [3.63, 3.8) is 0 Å². The Labute approximate surface area is 432 Å². The lowest BCUT2D eigenvalue weighted by Crippen LogP contribution is -2.51. The second-order valence-electron chi connectivity index (χ2n) is 19.6. The molecule has 71 heavy (non-hydrogen) atoms. The van der Waals surface area contributed by atoms with Gasteiger partial charge in [0, 0.05) is 51.1 Å². The third-order valence-electron chi connectivity index (χ3n) is 13.8. The molecule has 4 N–H and O–H groups in total. The molecule has 2 aliphatic heterocycles. The van der Waals surface area contributed by atoms with E-state index < -0.39 is 22.4 Å². The first kappa shape index (κ1) is 55.4. The SMILES string of the molecule is CC(C)(SCC1CCC(CN2CCN(C=O)CC2)CC1)C(C=O)NC(=O)C1(F)CC1.CNc1nc(Nc2ccc(C)cc2OC)ncc1Cl.Cc1ncsc1-c1ccc(CNC(=O)C2CCCN2C)cc1. The van der Waals surface area contributed by atoms with Crippen LogP contribution in [0, 0.1) is 25.7 Å². The molecular formula is C52H72ClFN10O5S2. The maximum atomic E-state index is 13.9. The molecular weight excluding hydrogens is 963 g/mol. The number of nitrogens with zero attached hydrogens (tertiary/aromatic N) is 6. The van der Waals surface area contributed by atoms with Gasteiger partial charge in [0.15, 0.2) is 5.67 Å². The van der Waals surface area contributed by atoms with Crippen LogP contribution in [0.3, 0.4) is 0 Å². The van der Waals surface area contributed by atoms with E-state index in [2.05, 4.69) is 70.3 Å². The number of amides is 3. The Morgan fingerprint density at radius 1 is 1.00 bits per heavy atom. The summed E-state index contributed by atoms with van der Waals surface area (Å²) in [4.78, 5) is 66.9. The van der Waals surface area contributed by atoms with E-state index in [4.69, 9.17) is 16.3 Å². The summed E-state index contributed by atoms with van der Waals surface area (Å²) in [5.41, 5.74) is 5.42. The molecule has 2 unspecified atom stereocenters. The number of aryl methyl sites for hydroxylation is 2. The number of carbonyl (C=O) groups is 4. The van der Waals surface area contributed by atoms with Crippen LogP contribution >= 0.6 is 34.7 Å². The van der Waals surface area contributed by atoms with E-state index in [1.165, 1.54) is 36.1 Å². The molecule has 386 valence electrons. The summed E-state index contributed by atoms with van der Waals surface area (Å²) in [7, 11) is 5.40. The highest BCUT2D eigenvalue weighted by atomic mass is 35.5. The van der Waals surface area contributed by atoms with Crippen LogP contribution in [0.15, 0.2) is 54.2 Å². The van der Waals surface area contributed by atoms with Crippen LogP contribution in [0.1, 0.15) is 82.0 Å². The molecule has 2 aliphatic carbocycles. The molecule has 4 heterocycles. The van der Waals surface area contributed by atoms with E-state index in [9.17, 15) is 23.6 Å². The minimum Gasteiger partial charge on any atom is -0.495 e. The summed E-state index contributed by atoms with van der Waals surface area (Å²) >= 11 is 9.31. The van der Waals surface area contributed by atoms with E-state index in [0.29, 0.717) is 29.3 Å². The molecule has 2 aromatic carbocycles. The Hall–Kier alpha value is -4.88. The van der Waals surface area contributed by atoms with Crippen LogP contribution < -0.4 is 26.0 Å². The summed E-state index contributed by atoms with van der Waals surface area (Å²) in [6.45, 7) is 14.3. The maximum Gasteiger partial charge on any atom is 0.258 e. The Morgan fingerprint density at radius 3 is 2.30 bits per heavy atom. The number of hydrogen-bond donors (Lipinski definition) is 4. The first-order valence-corrected chi connectivity index (χ1v) is 26.9. The molecule has 4 aromatic rings. The van der Waals surface area contributed by atoms with Crippen LogP contribution in [0.5, 0.6) is 5.75 Å². The lowest BCUT2D eigenvalue weighted by molar-refractivity contribution is -0.130. The van der Waals surface area contributed by atoms with Gasteiger partial charge in [-0.2, -0.15) is 16.7 Å². The number of methoxy groups -OCH3 is 1. The van der Waals surface area contributed by atoms with E-state index in [0.717, 1.165) is 105 Å². The minimum absolute atomic E-state index is 0.0408. The lowest BCUT2D eigenvalue weighted by atomic mass is 9.82. The van der Waals surface area contributed by atoms with E-state index >= 15 is 0 Å². The Balaban J connectivity index is 0.000000180. The van der Waals surface area contributed by atoms with Crippen molar-refractivity contribution in [1.82, 2.24) is 40.3 Å². The van der Waals surface area contributed by atoms with Gasteiger partial charge in [-0.3, -0.25) is 24.2 Å². The van der Waals surface area contributed by atoms with Crippen LogP contribution in [0.2, 0.25) is 5.02 Å². The fourth-order valence-electron chi connectivity index (χ4n) is 8.92. The highest BCUT2D eigenvalue weighted by Crippen LogP contribution is 2.41. The smallest absolute Gasteiger partial charge is 0.258 e. The van der Waals surface area contributed by atoms with Gasteiger partial charge < -0.3 is 35.7 Å². The number of ether oxygens (including phenoxy) is 1. The minimum atomic E-state index is -1.75. The van der Waals surface area contributed by atoms with Crippen molar-refractivity contribution in [2.24, 2.45) is 11.8 Å². The molecule has 0 radical (unpaired) electrons. The Morgan fingerprint density at radius 2 is 1.70 bits per heavy atom. The zero-order valence-corrected chi connectivity index (χ0v) is 44.7. The van der Waals surface area contributed by atoms with Gasteiger partial charge in [-0.1, -0.05) is 41.9 Å². The summed E-state index contributed by atoms with van der Waals surface area (Å²) < 4.78 is 18.8. The van der Waals surface area contributed by atoms with Gasteiger partial charge in [0.25, 0.3) is 5.91 Å². The second kappa shape index (κ2) is 26.2. The Bertz CT molecular complexity index is 2370. The molecule has 2 saturated heterocycles. The molecule has 4 aliphatic rings. The number of likely N-dealkylation sites (tertiary alicyclic amines) is 1. The monoisotopic (exact) mass is 1030 g/mol. The number of thiazole rings is 1. The highest BCUT2D eigenvalue weighted by molar-refractivity contribution is 8.00. The predicted octanol–water partition coefficient (Wildman–Crippen LogP) is 8.33. The molecule has 4 fully saturated rings. The second-order valence-corrected chi connectivity index (χ2v) is 22.5. The van der Waals surface area contributed by atoms with Crippen LogP contribution in [-0.4, -0.2) is 143 Å². The summed E-state index contributed by atoms with van der Waals surface area (Å²) in [6, 6.07) is 13.6. The molecule has 2 aromatic heterocycles. The standard InChI is InChI=1S/C22H36FN3O3S.C17H21N3OS.C13H15ClN4O/c1-21(2,19(14-27)24-20(29)22(23)7-8-22)30-15-18-5-3-17(4-6-18)13-25-9-11-26(16-28)12-10-25;1-12-16(22-11-19-12)14-7-5-13(6-8-14)10-18-17(21)15-4-3-9-20(15)2;1-8-4-5-10(11(6-8)19-3)17-13-16-7-9(14)12(15-2)18-13/h14,16-19H,3-13,15H2,1-2H3,(H,24,29);5-8,11,15H,3-4,9-10H2,1-2H3,(H,18,21);4-7H,1-3H3,(H2,15,16,17,18). The lowest BCUT2D eigenvalue weighted by Gasteiger charge is -2.37. The van der Waals surface area contributed by atoms with E-state index in [1.54, 1.807) is 43.5 Å². The normalized spacial score (nSPS) is 20.2. The number of benzene rings is 2. The summed E-state index contributed by atoms with van der Waals surface area (Å²) in [6.07, 6.45) is 10.6. The van der Waals surface area contributed by atoms with Crippen molar-refractivity contribution in [2.75, 3.05) is 76.9 Å². The van der Waals surface area contributed by atoms with Gasteiger partial charge in [-0.05, 0) is 139 Å². The number of hydrogen-bond acceptors (Lipinski definition) is 14. The largest absolute Gasteiger partial charge is 0.495 e. The van der Waals surface area contributed by atoms with Gasteiger partial charge in [-0.25, -0.2) is 14.4 Å². The topological polar surface area (TPSA) is 174 Å². The quantitative estimate of drug-likeness (QED) is 0.0702. The number of nitrogens with one attached hydrogen (secondary N) is 4. The molecule has 2 atom stereocenters. The fraction of sp³-hybridized carbons (Fsp3) is 0.558. The molecule has 0 spiro atoms. The number of anilines is 3. The number of piperazine rings is 1. The van der Waals surface area contributed by atoms with Gasteiger partial charge in [0.05, 0.1) is 47.2 Å². The van der Waals surface area contributed by atoms with Crippen molar-refractivity contribution < 1.29 is 28.3 Å². The number of halogens is 2. The van der Waals surface area contributed by atoms with Crippen LogP contribution in [0.4, 0.5) is 21.8 Å². The number of alkyl halides is 1.